The standard InChI is InChI=1S/C74H44N6/c1-3-16-49(17-4-1)77-63-26-11-9-22-53(63)60-40-45(32-37-68(60)77)47-30-34-55-51-20-7-13-28-65(51)79(70(55)42-47)67-39-36-57-62-44-75-74(76-73(62)59-25-15-24-58(67)72(57)59)80-66-29-14-8-21-52(66)56-35-31-48(43-71(56)80)46-33-38-69-61(41-46)54-23-10-12-27-64(54)78(69)50-18-5-2-6-19-50/h1-44H. The van der Waals surface area contributed by atoms with Gasteiger partial charge in [-0.3, -0.25) is 4.57 Å². The van der Waals surface area contributed by atoms with Gasteiger partial charge in [-0.25, -0.2) is 9.97 Å². The van der Waals surface area contributed by atoms with Crippen LogP contribution in [-0.2, 0) is 0 Å². The second-order valence-corrected chi connectivity index (χ2v) is 21.3. The molecule has 0 amide bonds. The molecule has 5 aromatic heterocycles. The van der Waals surface area contributed by atoms with Crippen LogP contribution in [0.15, 0.2) is 267 Å². The second kappa shape index (κ2) is 16.4. The quantitative estimate of drug-likeness (QED) is 0.167. The van der Waals surface area contributed by atoms with Crippen LogP contribution in [0.5, 0.6) is 0 Å². The number of para-hydroxylation sites is 6. The number of hydrogen-bond acceptors (Lipinski definition) is 2. The normalized spacial score (nSPS) is 12.2. The third-order valence-electron chi connectivity index (χ3n) is 17.2. The first-order chi connectivity index (χ1) is 39.7. The summed E-state index contributed by atoms with van der Waals surface area (Å²) in [4.78, 5) is 10.8. The highest BCUT2D eigenvalue weighted by Crippen LogP contribution is 2.49. The average Bonchev–Trinajstić information content (AvgIpc) is 4.48. The van der Waals surface area contributed by atoms with Crippen LogP contribution < -0.4 is 0 Å². The molecule has 0 fully saturated rings. The molecule has 6 nitrogen and oxygen atoms in total. The van der Waals surface area contributed by atoms with Gasteiger partial charge in [0, 0.05) is 82.6 Å². The van der Waals surface area contributed by atoms with Crippen molar-refractivity contribution < 1.29 is 0 Å². The number of benzene rings is 12. The van der Waals surface area contributed by atoms with Crippen molar-refractivity contribution in [2.75, 3.05) is 0 Å². The molecule has 0 saturated heterocycles. The first-order valence-electron chi connectivity index (χ1n) is 27.4. The molecule has 1 aliphatic carbocycles. The molecule has 6 heteroatoms. The number of rotatable bonds is 6. The Kier molecular flexibility index (Phi) is 8.85. The summed E-state index contributed by atoms with van der Waals surface area (Å²) in [7, 11) is 0. The maximum absolute atomic E-state index is 5.58. The highest BCUT2D eigenvalue weighted by molar-refractivity contribution is 6.19. The van der Waals surface area contributed by atoms with Gasteiger partial charge in [0.15, 0.2) is 0 Å². The Morgan fingerprint density at radius 1 is 0.250 bits per heavy atom. The van der Waals surface area contributed by atoms with E-state index in [1.165, 1.54) is 92.7 Å². The van der Waals surface area contributed by atoms with Crippen LogP contribution in [0.25, 0.3) is 166 Å². The first kappa shape index (κ1) is 43.3. The zero-order valence-corrected chi connectivity index (χ0v) is 43.1. The molecule has 17 aromatic rings. The molecule has 0 saturated carbocycles. The van der Waals surface area contributed by atoms with Crippen LogP contribution in [-0.4, -0.2) is 28.2 Å². The summed E-state index contributed by atoms with van der Waals surface area (Å²) < 4.78 is 9.49. The zero-order chi connectivity index (χ0) is 52.2. The Hall–Kier alpha value is -10.8. The van der Waals surface area contributed by atoms with Crippen molar-refractivity contribution in [1.29, 1.82) is 0 Å². The summed E-state index contributed by atoms with van der Waals surface area (Å²) in [5.74, 6) is 0.649. The van der Waals surface area contributed by atoms with Gasteiger partial charge in [0.25, 0.3) is 0 Å². The molecule has 0 bridgehead atoms. The van der Waals surface area contributed by atoms with Crippen LogP contribution in [0.2, 0.25) is 0 Å². The summed E-state index contributed by atoms with van der Waals surface area (Å²) >= 11 is 0. The van der Waals surface area contributed by atoms with Crippen LogP contribution in [0, 0.1) is 0 Å². The predicted molar refractivity (Wildman–Crippen MR) is 332 cm³/mol. The van der Waals surface area contributed by atoms with Crippen molar-refractivity contribution in [2.24, 2.45) is 0 Å². The van der Waals surface area contributed by atoms with Crippen molar-refractivity contribution in [3.8, 4) is 67.6 Å². The Morgan fingerprint density at radius 2 is 0.675 bits per heavy atom. The number of aromatic nitrogens is 6. The van der Waals surface area contributed by atoms with Gasteiger partial charge in [-0.1, -0.05) is 170 Å². The lowest BCUT2D eigenvalue weighted by Crippen LogP contribution is -2.02. The molecule has 0 atom stereocenters. The number of nitrogens with zero attached hydrogens (tertiary/aromatic N) is 6. The minimum atomic E-state index is 0.649. The van der Waals surface area contributed by atoms with Gasteiger partial charge in [-0.05, 0) is 119 Å². The summed E-state index contributed by atoms with van der Waals surface area (Å²) in [6.45, 7) is 0. The van der Waals surface area contributed by atoms with E-state index in [1.807, 2.05) is 6.20 Å². The molecule has 5 heterocycles. The minimum Gasteiger partial charge on any atom is -0.309 e. The average molecular weight is 1020 g/mol. The van der Waals surface area contributed by atoms with Gasteiger partial charge in [-0.2, -0.15) is 0 Å². The molecule has 12 aromatic carbocycles. The largest absolute Gasteiger partial charge is 0.309 e. The number of hydrogen-bond donors (Lipinski definition) is 0. The van der Waals surface area contributed by atoms with Crippen LogP contribution in [0.1, 0.15) is 0 Å². The molecular formula is C74H44N6. The van der Waals surface area contributed by atoms with Gasteiger partial charge in [-0.15, -0.1) is 0 Å². The molecule has 0 N–H and O–H groups in total. The molecule has 0 radical (unpaired) electrons. The smallest absolute Gasteiger partial charge is 0.235 e. The van der Waals surface area contributed by atoms with Crippen LogP contribution >= 0.6 is 0 Å². The SMILES string of the molecule is c1ccc(-n2c3ccccc3c3cc(-c4ccc5c6ccccc6n(-c6ncc7c(n6)-c6cccc8c(-n9c%10ccccc%10c%10ccc(-c%11ccc%12c(c%11)c%11ccccc%11n%12-c%11ccccc%11)cc%109)ccc-7c68)c5c4)ccc32)cc1. The Morgan fingerprint density at radius 3 is 1.24 bits per heavy atom. The van der Waals surface area contributed by atoms with E-state index in [0.717, 1.165) is 67.0 Å². The molecule has 1 aliphatic rings. The Bertz CT molecular complexity index is 5480. The molecule has 0 unspecified atom stereocenters. The third kappa shape index (κ3) is 6.01. The summed E-state index contributed by atoms with van der Waals surface area (Å²) in [5.41, 5.74) is 21.6. The lowest BCUT2D eigenvalue weighted by Gasteiger charge is -2.14. The lowest BCUT2D eigenvalue weighted by molar-refractivity contribution is 0.996. The maximum atomic E-state index is 5.58. The Labute approximate surface area is 458 Å². The summed E-state index contributed by atoms with van der Waals surface area (Å²) in [6.07, 6.45) is 2.05. The van der Waals surface area contributed by atoms with Crippen LogP contribution in [0.3, 0.4) is 0 Å². The zero-order valence-electron chi connectivity index (χ0n) is 43.1. The van der Waals surface area contributed by atoms with Gasteiger partial charge in [0.05, 0.1) is 55.5 Å². The van der Waals surface area contributed by atoms with Gasteiger partial charge < -0.3 is 13.7 Å². The predicted octanol–water partition coefficient (Wildman–Crippen LogP) is 19.0. The van der Waals surface area contributed by atoms with Crippen molar-refractivity contribution in [3.05, 3.63) is 267 Å². The van der Waals surface area contributed by atoms with Gasteiger partial charge in [0.1, 0.15) is 0 Å². The lowest BCUT2D eigenvalue weighted by atomic mass is 10.0. The highest BCUT2D eigenvalue weighted by atomic mass is 15.2. The molecule has 370 valence electrons. The van der Waals surface area contributed by atoms with Gasteiger partial charge in [0.2, 0.25) is 5.95 Å². The third-order valence-corrected chi connectivity index (χ3v) is 17.2. The van der Waals surface area contributed by atoms with E-state index in [1.54, 1.807) is 0 Å². The van der Waals surface area contributed by atoms with E-state index in [-0.39, 0.29) is 0 Å². The van der Waals surface area contributed by atoms with E-state index < -0.39 is 0 Å². The molecular weight excluding hydrogens is 973 g/mol. The first-order valence-corrected chi connectivity index (χ1v) is 27.4. The van der Waals surface area contributed by atoms with E-state index in [4.69, 9.17) is 9.97 Å². The fraction of sp³-hybridized carbons (Fsp3) is 0. The highest BCUT2D eigenvalue weighted by Gasteiger charge is 2.28. The van der Waals surface area contributed by atoms with Crippen molar-refractivity contribution in [3.63, 3.8) is 0 Å². The van der Waals surface area contributed by atoms with Crippen molar-refractivity contribution >= 4 is 98.0 Å². The van der Waals surface area contributed by atoms with E-state index in [2.05, 4.69) is 279 Å². The summed E-state index contributed by atoms with van der Waals surface area (Å²) in [6, 6.07) is 95.3. The fourth-order valence-electron chi connectivity index (χ4n) is 13.7. The minimum absolute atomic E-state index is 0.649. The molecule has 18 rings (SSSR count). The van der Waals surface area contributed by atoms with Crippen molar-refractivity contribution in [1.82, 2.24) is 28.2 Å². The summed E-state index contributed by atoms with van der Waals surface area (Å²) in [5, 5.41) is 12.1. The van der Waals surface area contributed by atoms with Crippen LogP contribution in [0.4, 0.5) is 0 Å². The van der Waals surface area contributed by atoms with E-state index in [9.17, 15) is 0 Å². The molecule has 0 spiro atoms. The fourth-order valence-corrected chi connectivity index (χ4v) is 13.7. The Balaban J connectivity index is 0.773. The second-order valence-electron chi connectivity index (χ2n) is 21.3. The molecule has 0 aliphatic heterocycles. The maximum Gasteiger partial charge on any atom is 0.235 e. The van der Waals surface area contributed by atoms with Crippen molar-refractivity contribution in [2.45, 2.75) is 0 Å². The number of fused-ring (bicyclic) bond motifs is 15. The molecule has 80 heavy (non-hydrogen) atoms. The monoisotopic (exact) mass is 1020 g/mol. The van der Waals surface area contributed by atoms with E-state index >= 15 is 0 Å². The van der Waals surface area contributed by atoms with E-state index in [0.29, 0.717) is 5.95 Å². The topological polar surface area (TPSA) is 45.5 Å². The van der Waals surface area contributed by atoms with Gasteiger partial charge >= 0.3 is 0 Å².